The SMILES string of the molecule is COC(=O)C1=C(C(=O)OC)N(c2ccc(C(=O)C(C)CC(=O)O)cc2)COC1. The number of ether oxygens (including phenoxy) is 3. The highest BCUT2D eigenvalue weighted by atomic mass is 16.5. The van der Waals surface area contributed by atoms with E-state index in [0.29, 0.717) is 11.3 Å². The summed E-state index contributed by atoms with van der Waals surface area (Å²) in [6, 6.07) is 6.20. The molecule has 0 saturated heterocycles. The Morgan fingerprint density at radius 1 is 1.11 bits per heavy atom. The summed E-state index contributed by atoms with van der Waals surface area (Å²) in [5.41, 5.74) is 0.853. The van der Waals surface area contributed by atoms with Crippen molar-refractivity contribution in [3.63, 3.8) is 0 Å². The number of anilines is 1. The van der Waals surface area contributed by atoms with Crippen LogP contribution in [0.2, 0.25) is 0 Å². The quantitative estimate of drug-likeness (QED) is 0.543. The van der Waals surface area contributed by atoms with E-state index in [1.54, 1.807) is 19.1 Å². The number of Topliss-reactive ketones (excluding diaryl/α,β-unsaturated/α-hetero) is 1. The van der Waals surface area contributed by atoms with Gasteiger partial charge in [0.2, 0.25) is 0 Å². The highest BCUT2D eigenvalue weighted by Gasteiger charge is 2.32. The first-order chi connectivity index (χ1) is 13.3. The zero-order chi connectivity index (χ0) is 20.8. The minimum atomic E-state index is -1.05. The first-order valence-electron chi connectivity index (χ1n) is 8.41. The molecule has 0 spiro atoms. The summed E-state index contributed by atoms with van der Waals surface area (Å²) in [7, 11) is 2.39. The van der Waals surface area contributed by atoms with Crippen LogP contribution >= 0.6 is 0 Å². The van der Waals surface area contributed by atoms with Crippen LogP contribution in [0.4, 0.5) is 5.69 Å². The second-order valence-electron chi connectivity index (χ2n) is 6.13. The van der Waals surface area contributed by atoms with E-state index in [9.17, 15) is 19.2 Å². The molecule has 0 aromatic heterocycles. The second kappa shape index (κ2) is 9.14. The molecule has 1 atom stereocenters. The molecule has 0 amide bonds. The maximum Gasteiger partial charge on any atom is 0.355 e. The number of ketones is 1. The van der Waals surface area contributed by atoms with Crippen LogP contribution in [0, 0.1) is 5.92 Å². The highest BCUT2D eigenvalue weighted by molar-refractivity contribution is 6.03. The summed E-state index contributed by atoms with van der Waals surface area (Å²) >= 11 is 0. The molecule has 0 fully saturated rings. The third kappa shape index (κ3) is 4.55. The van der Waals surface area contributed by atoms with Gasteiger partial charge in [-0.2, -0.15) is 0 Å². The normalized spacial score (nSPS) is 15.0. The van der Waals surface area contributed by atoms with Gasteiger partial charge in [0.15, 0.2) is 5.78 Å². The summed E-state index contributed by atoms with van der Waals surface area (Å²) in [4.78, 5) is 48.8. The Kier molecular flexibility index (Phi) is 6.89. The van der Waals surface area contributed by atoms with Crippen molar-refractivity contribution in [2.45, 2.75) is 13.3 Å². The number of carbonyl (C=O) groups is 4. The monoisotopic (exact) mass is 391 g/mol. The fraction of sp³-hybridized carbons (Fsp3) is 0.368. The summed E-state index contributed by atoms with van der Waals surface area (Å²) in [5, 5.41) is 8.83. The van der Waals surface area contributed by atoms with E-state index in [0.717, 1.165) is 0 Å². The Morgan fingerprint density at radius 3 is 2.25 bits per heavy atom. The minimum absolute atomic E-state index is 0.000998. The van der Waals surface area contributed by atoms with Crippen molar-refractivity contribution in [2.75, 3.05) is 32.5 Å². The van der Waals surface area contributed by atoms with Gasteiger partial charge in [0.05, 0.1) is 32.8 Å². The fourth-order valence-electron chi connectivity index (χ4n) is 2.79. The molecule has 2 rings (SSSR count). The van der Waals surface area contributed by atoms with Crippen LogP contribution in [-0.2, 0) is 28.6 Å². The molecule has 9 nitrogen and oxygen atoms in total. The van der Waals surface area contributed by atoms with E-state index in [2.05, 4.69) is 0 Å². The van der Waals surface area contributed by atoms with E-state index in [1.807, 2.05) is 0 Å². The zero-order valence-corrected chi connectivity index (χ0v) is 15.8. The van der Waals surface area contributed by atoms with E-state index >= 15 is 0 Å². The van der Waals surface area contributed by atoms with Crippen LogP contribution in [0.25, 0.3) is 0 Å². The summed E-state index contributed by atoms with van der Waals surface area (Å²) in [5.74, 6) is -3.45. The molecule has 1 aromatic rings. The van der Waals surface area contributed by atoms with Gasteiger partial charge in [-0.15, -0.1) is 0 Å². The number of esters is 2. The van der Waals surface area contributed by atoms with Crippen molar-refractivity contribution in [2.24, 2.45) is 5.92 Å². The van der Waals surface area contributed by atoms with Gasteiger partial charge in [-0.3, -0.25) is 9.59 Å². The molecule has 1 heterocycles. The lowest BCUT2D eigenvalue weighted by Crippen LogP contribution is -2.38. The second-order valence-corrected chi connectivity index (χ2v) is 6.13. The van der Waals surface area contributed by atoms with Crippen LogP contribution < -0.4 is 4.90 Å². The average molecular weight is 391 g/mol. The Morgan fingerprint density at radius 2 is 1.71 bits per heavy atom. The number of benzene rings is 1. The summed E-state index contributed by atoms with van der Waals surface area (Å²) < 4.78 is 14.9. The molecular weight excluding hydrogens is 370 g/mol. The number of nitrogens with zero attached hydrogens (tertiary/aromatic N) is 1. The van der Waals surface area contributed by atoms with Gasteiger partial charge in [0, 0.05) is 17.2 Å². The molecule has 0 bridgehead atoms. The van der Waals surface area contributed by atoms with Crippen LogP contribution in [0.3, 0.4) is 0 Å². The molecule has 1 aromatic carbocycles. The topological polar surface area (TPSA) is 119 Å². The smallest absolute Gasteiger partial charge is 0.355 e. The minimum Gasteiger partial charge on any atom is -0.481 e. The Balaban J connectivity index is 2.35. The van der Waals surface area contributed by atoms with Crippen molar-refractivity contribution >= 4 is 29.4 Å². The lowest BCUT2D eigenvalue weighted by Gasteiger charge is -2.31. The molecule has 9 heteroatoms. The summed E-state index contributed by atoms with van der Waals surface area (Å²) in [6.07, 6.45) is -0.266. The average Bonchev–Trinajstić information content (AvgIpc) is 2.71. The Bertz CT molecular complexity index is 812. The number of methoxy groups -OCH3 is 2. The molecule has 1 aliphatic heterocycles. The van der Waals surface area contributed by atoms with Crippen LogP contribution in [0.1, 0.15) is 23.7 Å². The van der Waals surface area contributed by atoms with Crippen molar-refractivity contribution in [3.05, 3.63) is 41.1 Å². The number of aliphatic carboxylic acids is 1. The van der Waals surface area contributed by atoms with Crippen LogP contribution in [-0.4, -0.2) is 56.4 Å². The maximum atomic E-state index is 12.3. The van der Waals surface area contributed by atoms with Crippen molar-refractivity contribution in [1.82, 2.24) is 0 Å². The third-order valence-electron chi connectivity index (χ3n) is 4.22. The first-order valence-corrected chi connectivity index (χ1v) is 8.41. The molecule has 0 saturated carbocycles. The predicted octanol–water partition coefficient (Wildman–Crippen LogP) is 1.37. The van der Waals surface area contributed by atoms with Gasteiger partial charge < -0.3 is 24.2 Å². The molecule has 1 N–H and O–H groups in total. The van der Waals surface area contributed by atoms with Crippen molar-refractivity contribution in [1.29, 1.82) is 0 Å². The lowest BCUT2D eigenvalue weighted by molar-refractivity contribution is -0.140. The van der Waals surface area contributed by atoms with Gasteiger partial charge in [-0.1, -0.05) is 6.92 Å². The maximum absolute atomic E-state index is 12.3. The third-order valence-corrected chi connectivity index (χ3v) is 4.22. The van der Waals surface area contributed by atoms with Gasteiger partial charge in [-0.05, 0) is 24.3 Å². The number of rotatable bonds is 7. The number of hydrogen-bond acceptors (Lipinski definition) is 8. The number of carbonyl (C=O) groups excluding carboxylic acids is 3. The van der Waals surface area contributed by atoms with E-state index < -0.39 is 23.8 Å². The van der Waals surface area contributed by atoms with E-state index in [-0.39, 0.29) is 36.8 Å². The Hall–Kier alpha value is -3.20. The zero-order valence-electron chi connectivity index (χ0n) is 15.8. The van der Waals surface area contributed by atoms with Gasteiger partial charge in [0.25, 0.3) is 0 Å². The van der Waals surface area contributed by atoms with Gasteiger partial charge in [-0.25, -0.2) is 9.59 Å². The largest absolute Gasteiger partial charge is 0.481 e. The molecule has 28 heavy (non-hydrogen) atoms. The number of carboxylic acids is 1. The van der Waals surface area contributed by atoms with Gasteiger partial charge >= 0.3 is 17.9 Å². The molecule has 0 aliphatic carbocycles. The van der Waals surface area contributed by atoms with Crippen molar-refractivity contribution in [3.8, 4) is 0 Å². The first kappa shape index (κ1) is 21.1. The lowest BCUT2D eigenvalue weighted by atomic mass is 9.96. The highest BCUT2D eigenvalue weighted by Crippen LogP contribution is 2.27. The fourth-order valence-corrected chi connectivity index (χ4v) is 2.79. The summed E-state index contributed by atoms with van der Waals surface area (Å²) in [6.45, 7) is 1.44. The van der Waals surface area contributed by atoms with Gasteiger partial charge in [0.1, 0.15) is 12.4 Å². The van der Waals surface area contributed by atoms with E-state index in [4.69, 9.17) is 19.3 Å². The molecule has 0 radical (unpaired) electrons. The molecular formula is C19H21NO8. The van der Waals surface area contributed by atoms with Crippen LogP contribution in [0.5, 0.6) is 0 Å². The van der Waals surface area contributed by atoms with Crippen molar-refractivity contribution < 1.29 is 38.5 Å². The molecule has 1 aliphatic rings. The molecule has 1 unspecified atom stereocenters. The van der Waals surface area contributed by atoms with Crippen LogP contribution in [0.15, 0.2) is 35.5 Å². The Labute approximate surface area is 161 Å². The number of carboxylic acid groups (broad SMARTS) is 1. The number of hydrogen-bond donors (Lipinski definition) is 1. The predicted molar refractivity (Wildman–Crippen MR) is 96.5 cm³/mol. The standard InChI is InChI=1S/C19H21NO8/c1-11(8-15(21)22)17(23)12-4-6-13(7-5-12)20-10-28-9-14(18(24)26-2)16(20)19(25)27-3/h4-7,11H,8-10H2,1-3H3,(H,21,22). The molecule has 150 valence electrons. The van der Waals surface area contributed by atoms with E-state index in [1.165, 1.54) is 31.3 Å².